The van der Waals surface area contributed by atoms with Crippen LogP contribution in [0.3, 0.4) is 0 Å². The van der Waals surface area contributed by atoms with Crippen LogP contribution in [0.5, 0.6) is 5.75 Å². The molecule has 4 aromatic rings. The Kier molecular flexibility index (Phi) is 4.96. The number of aromatic nitrogens is 1. The summed E-state index contributed by atoms with van der Waals surface area (Å²) in [5.74, 6) is -0.180. The minimum Gasteiger partial charge on any atom is -0.439 e. The summed E-state index contributed by atoms with van der Waals surface area (Å²) >= 11 is 1.63. The monoisotopic (exact) mass is 437 g/mol. The van der Waals surface area contributed by atoms with Crippen LogP contribution in [-0.2, 0) is 0 Å². The molecule has 1 aliphatic rings. The molecule has 1 atom stereocenters. The van der Waals surface area contributed by atoms with Crippen LogP contribution >= 0.6 is 11.8 Å². The van der Waals surface area contributed by atoms with Crippen molar-refractivity contribution in [2.24, 2.45) is 5.73 Å². The van der Waals surface area contributed by atoms with Crippen molar-refractivity contribution < 1.29 is 4.74 Å². The van der Waals surface area contributed by atoms with Crippen molar-refractivity contribution in [2.45, 2.75) is 10.8 Å². The van der Waals surface area contributed by atoms with Gasteiger partial charge >= 0.3 is 0 Å². The van der Waals surface area contributed by atoms with Gasteiger partial charge in [0.1, 0.15) is 17.4 Å². The van der Waals surface area contributed by atoms with Gasteiger partial charge in [-0.3, -0.25) is 9.36 Å². The van der Waals surface area contributed by atoms with Gasteiger partial charge in [-0.2, -0.15) is 5.26 Å². The summed E-state index contributed by atoms with van der Waals surface area (Å²) in [5, 5.41) is 10.7. The van der Waals surface area contributed by atoms with E-state index in [-0.39, 0.29) is 17.0 Å². The second-order valence-electron chi connectivity index (χ2n) is 7.43. The van der Waals surface area contributed by atoms with Gasteiger partial charge in [0.2, 0.25) is 5.88 Å². The van der Waals surface area contributed by atoms with Crippen LogP contribution in [0.25, 0.3) is 16.6 Å². The SMILES string of the molecule is CSc1ccc([C@H]2C(C#N)=C(N)Oc3c2c(=O)n(-c2ccccc2)c2ccccc32)cc1. The zero-order valence-electron chi connectivity index (χ0n) is 17.3. The molecular formula is C26H19N3O2S. The lowest BCUT2D eigenvalue weighted by molar-refractivity contribution is 0.396. The van der Waals surface area contributed by atoms with Gasteiger partial charge in [0.15, 0.2) is 0 Å². The first-order chi connectivity index (χ1) is 15.6. The summed E-state index contributed by atoms with van der Waals surface area (Å²) in [5.41, 5.74) is 8.90. The average Bonchev–Trinajstić information content (AvgIpc) is 2.84. The summed E-state index contributed by atoms with van der Waals surface area (Å²) in [6.45, 7) is 0. The van der Waals surface area contributed by atoms with Crippen LogP contribution in [0.1, 0.15) is 17.0 Å². The van der Waals surface area contributed by atoms with Gasteiger partial charge in [-0.15, -0.1) is 11.8 Å². The second-order valence-corrected chi connectivity index (χ2v) is 8.31. The number of nitrogens with zero attached hydrogens (tertiary/aromatic N) is 2. The molecule has 0 saturated heterocycles. The minimum absolute atomic E-state index is 0.0287. The highest BCUT2D eigenvalue weighted by Crippen LogP contribution is 2.44. The molecule has 3 aromatic carbocycles. The number of nitrogens with two attached hydrogens (primary N) is 1. The Morgan fingerprint density at radius 2 is 1.69 bits per heavy atom. The van der Waals surface area contributed by atoms with Gasteiger partial charge in [-0.25, -0.2) is 0 Å². The largest absolute Gasteiger partial charge is 0.439 e. The lowest BCUT2D eigenvalue weighted by Crippen LogP contribution is -2.31. The van der Waals surface area contributed by atoms with Crippen LogP contribution in [-0.4, -0.2) is 10.8 Å². The molecule has 5 nitrogen and oxygen atoms in total. The van der Waals surface area contributed by atoms with E-state index in [9.17, 15) is 10.1 Å². The first-order valence-electron chi connectivity index (χ1n) is 10.1. The molecule has 2 N–H and O–H groups in total. The van der Waals surface area contributed by atoms with E-state index in [1.165, 1.54) is 0 Å². The number of para-hydroxylation sites is 2. The van der Waals surface area contributed by atoms with Crippen molar-refractivity contribution in [2.75, 3.05) is 6.26 Å². The Balaban J connectivity index is 1.89. The highest BCUT2D eigenvalue weighted by atomic mass is 32.2. The van der Waals surface area contributed by atoms with Crippen LogP contribution in [0.4, 0.5) is 0 Å². The van der Waals surface area contributed by atoms with Gasteiger partial charge in [0.25, 0.3) is 5.56 Å². The van der Waals surface area contributed by atoms with Crippen molar-refractivity contribution in [1.82, 2.24) is 4.57 Å². The predicted molar refractivity (Wildman–Crippen MR) is 127 cm³/mol. The van der Waals surface area contributed by atoms with Crippen molar-refractivity contribution in [3.63, 3.8) is 0 Å². The number of hydrogen-bond acceptors (Lipinski definition) is 5. The van der Waals surface area contributed by atoms with Gasteiger partial charge in [0.05, 0.1) is 17.0 Å². The zero-order chi connectivity index (χ0) is 22.2. The van der Waals surface area contributed by atoms with E-state index in [1.807, 2.05) is 85.1 Å². The smallest absolute Gasteiger partial charge is 0.263 e. The first kappa shape index (κ1) is 20.0. The maximum Gasteiger partial charge on any atom is 0.263 e. The number of fused-ring (bicyclic) bond motifs is 3. The average molecular weight is 438 g/mol. The molecule has 1 aromatic heterocycles. The molecule has 6 heteroatoms. The molecule has 0 aliphatic carbocycles. The molecule has 1 aliphatic heterocycles. The molecule has 0 radical (unpaired) electrons. The Bertz CT molecular complexity index is 1470. The summed E-state index contributed by atoms with van der Waals surface area (Å²) in [4.78, 5) is 15.1. The third kappa shape index (κ3) is 3.06. The van der Waals surface area contributed by atoms with Crippen molar-refractivity contribution in [1.29, 1.82) is 5.26 Å². The Hall–Kier alpha value is -3.95. The van der Waals surface area contributed by atoms with Crippen molar-refractivity contribution in [3.8, 4) is 17.5 Å². The molecule has 5 rings (SSSR count). The summed E-state index contributed by atoms with van der Waals surface area (Å²) in [7, 11) is 0. The number of thioether (sulfide) groups is 1. The standard InChI is InChI=1S/C26H19N3O2S/c1-32-18-13-11-16(12-14-18)22-20(15-27)25(28)31-24-19-9-5-6-10-21(19)29(26(30)23(22)24)17-7-3-2-4-8-17/h2-14,22H,28H2,1H3/t22-/m0/s1. The number of ether oxygens (including phenoxy) is 1. The van der Waals surface area contributed by atoms with Gasteiger partial charge in [-0.05, 0) is 48.2 Å². The van der Waals surface area contributed by atoms with Gasteiger partial charge in [-0.1, -0.05) is 42.5 Å². The predicted octanol–water partition coefficient (Wildman–Crippen LogP) is 4.93. The number of benzene rings is 3. The molecule has 0 unspecified atom stereocenters. The topological polar surface area (TPSA) is 81.0 Å². The summed E-state index contributed by atoms with van der Waals surface area (Å²) in [6, 6.07) is 27.1. The number of pyridine rings is 1. The summed E-state index contributed by atoms with van der Waals surface area (Å²) < 4.78 is 7.61. The van der Waals surface area contributed by atoms with E-state index in [4.69, 9.17) is 10.5 Å². The normalized spacial score (nSPS) is 15.2. The van der Waals surface area contributed by atoms with E-state index in [0.29, 0.717) is 16.8 Å². The molecule has 0 bridgehead atoms. The highest BCUT2D eigenvalue weighted by Gasteiger charge is 2.35. The Morgan fingerprint density at radius 3 is 2.38 bits per heavy atom. The van der Waals surface area contributed by atoms with E-state index < -0.39 is 5.92 Å². The van der Waals surface area contributed by atoms with E-state index in [0.717, 1.165) is 21.5 Å². The van der Waals surface area contributed by atoms with Gasteiger partial charge in [0, 0.05) is 16.0 Å². The maximum atomic E-state index is 14.0. The Labute approximate surface area is 189 Å². The van der Waals surface area contributed by atoms with E-state index in [1.54, 1.807) is 16.3 Å². The second kappa shape index (κ2) is 7.95. The Morgan fingerprint density at radius 1 is 1.00 bits per heavy atom. The molecule has 2 heterocycles. The number of rotatable bonds is 3. The van der Waals surface area contributed by atoms with Crippen LogP contribution in [0.2, 0.25) is 0 Å². The van der Waals surface area contributed by atoms with Gasteiger partial charge < -0.3 is 10.5 Å². The van der Waals surface area contributed by atoms with Crippen LogP contribution in [0.15, 0.2) is 100 Å². The molecule has 0 amide bonds. The van der Waals surface area contributed by atoms with Crippen molar-refractivity contribution >= 4 is 22.7 Å². The molecule has 0 fully saturated rings. The fraction of sp³-hybridized carbons (Fsp3) is 0.0769. The quantitative estimate of drug-likeness (QED) is 0.460. The molecule has 32 heavy (non-hydrogen) atoms. The first-order valence-corrected chi connectivity index (χ1v) is 11.3. The molecular weight excluding hydrogens is 418 g/mol. The fourth-order valence-corrected chi connectivity index (χ4v) is 4.64. The number of hydrogen-bond donors (Lipinski definition) is 1. The fourth-order valence-electron chi connectivity index (χ4n) is 4.23. The minimum atomic E-state index is -0.619. The van der Waals surface area contributed by atoms with E-state index in [2.05, 4.69) is 6.07 Å². The summed E-state index contributed by atoms with van der Waals surface area (Å²) in [6.07, 6.45) is 2.00. The number of nitriles is 1. The van der Waals surface area contributed by atoms with E-state index >= 15 is 0 Å². The maximum absolute atomic E-state index is 14.0. The molecule has 156 valence electrons. The number of allylic oxidation sites excluding steroid dienone is 1. The third-order valence-electron chi connectivity index (χ3n) is 5.71. The third-order valence-corrected chi connectivity index (χ3v) is 6.45. The highest BCUT2D eigenvalue weighted by molar-refractivity contribution is 7.98. The molecule has 0 spiro atoms. The lowest BCUT2D eigenvalue weighted by Gasteiger charge is -2.28. The van der Waals surface area contributed by atoms with Crippen molar-refractivity contribution in [3.05, 3.63) is 112 Å². The molecule has 0 saturated carbocycles. The zero-order valence-corrected chi connectivity index (χ0v) is 18.1. The van der Waals surface area contributed by atoms with Crippen LogP contribution < -0.4 is 16.0 Å². The van der Waals surface area contributed by atoms with Crippen LogP contribution in [0, 0.1) is 11.3 Å². The lowest BCUT2D eigenvalue weighted by atomic mass is 9.83.